The lowest BCUT2D eigenvalue weighted by Crippen LogP contribution is -2.19. The SMILES string of the molecule is Cc1cccc(C(=O)Oc2c(Br)cc(Br)cc2C=NNC(=O)c2[nH]c3c(Br)cccc3c2-c2ccccc2Cl)c1. The van der Waals surface area contributed by atoms with Crippen molar-refractivity contribution < 1.29 is 14.3 Å². The Morgan fingerprint density at radius 3 is 2.50 bits per heavy atom. The molecule has 0 bridgehead atoms. The minimum atomic E-state index is -0.515. The number of ether oxygens (including phenoxy) is 1. The number of fused-ring (bicyclic) bond motifs is 1. The molecule has 1 heterocycles. The molecule has 2 N–H and O–H groups in total. The second-order valence-corrected chi connectivity index (χ2v) is 11.8. The molecule has 0 fully saturated rings. The smallest absolute Gasteiger partial charge is 0.343 e. The van der Waals surface area contributed by atoms with E-state index >= 15 is 0 Å². The molecule has 1 amide bonds. The van der Waals surface area contributed by atoms with Crippen LogP contribution in [0, 0.1) is 6.92 Å². The van der Waals surface area contributed by atoms with Crippen molar-refractivity contribution in [2.45, 2.75) is 6.92 Å². The van der Waals surface area contributed by atoms with E-state index in [-0.39, 0.29) is 5.75 Å². The number of amides is 1. The van der Waals surface area contributed by atoms with Crippen LogP contribution in [0.1, 0.15) is 32.0 Å². The van der Waals surface area contributed by atoms with Gasteiger partial charge in [0, 0.05) is 36.0 Å². The highest BCUT2D eigenvalue weighted by Crippen LogP contribution is 2.39. The summed E-state index contributed by atoms with van der Waals surface area (Å²) in [7, 11) is 0. The minimum absolute atomic E-state index is 0.263. The first-order valence-corrected chi connectivity index (χ1v) is 14.6. The van der Waals surface area contributed by atoms with Crippen LogP contribution < -0.4 is 10.2 Å². The molecule has 0 aliphatic carbocycles. The molecule has 0 radical (unpaired) electrons. The van der Waals surface area contributed by atoms with Gasteiger partial charge in [0.15, 0.2) is 5.75 Å². The van der Waals surface area contributed by atoms with E-state index < -0.39 is 11.9 Å². The van der Waals surface area contributed by atoms with Gasteiger partial charge in [-0.3, -0.25) is 4.79 Å². The summed E-state index contributed by atoms with van der Waals surface area (Å²) in [6.45, 7) is 1.90. The Hall–Kier alpha value is -3.24. The standard InChI is InChI=1S/C30H19Br3ClN3O3/c1-16-6-4-7-17(12-16)30(39)40-28-18(13-19(31)14-23(28)33)15-35-37-29(38)27-25(20-8-2-3-11-24(20)34)21-9-5-10-22(32)26(21)36-27/h2-15,36H,1H3,(H,37,38). The Morgan fingerprint density at radius 2 is 1.73 bits per heavy atom. The lowest BCUT2D eigenvalue weighted by molar-refractivity contribution is 0.0732. The van der Waals surface area contributed by atoms with Crippen molar-refractivity contribution in [1.82, 2.24) is 10.4 Å². The molecule has 40 heavy (non-hydrogen) atoms. The second kappa shape index (κ2) is 12.1. The van der Waals surface area contributed by atoms with Gasteiger partial charge in [-0.2, -0.15) is 5.10 Å². The van der Waals surface area contributed by atoms with Crippen molar-refractivity contribution in [1.29, 1.82) is 0 Å². The largest absolute Gasteiger partial charge is 0.421 e. The highest BCUT2D eigenvalue weighted by atomic mass is 79.9. The number of halogens is 4. The molecular formula is C30H19Br3ClN3O3. The van der Waals surface area contributed by atoms with E-state index in [0.29, 0.717) is 37.4 Å². The fraction of sp³-hybridized carbons (Fsp3) is 0.0333. The molecule has 0 unspecified atom stereocenters. The number of esters is 1. The van der Waals surface area contributed by atoms with Crippen LogP contribution in [0.2, 0.25) is 5.02 Å². The molecule has 0 atom stereocenters. The summed E-state index contributed by atoms with van der Waals surface area (Å²) < 4.78 is 7.79. The number of hydrazone groups is 1. The zero-order valence-corrected chi connectivity index (χ0v) is 26.3. The molecule has 1 aromatic heterocycles. The number of nitrogens with one attached hydrogen (secondary N) is 2. The Labute approximate surface area is 260 Å². The summed E-state index contributed by atoms with van der Waals surface area (Å²) in [5.41, 5.74) is 6.84. The number of benzene rings is 4. The van der Waals surface area contributed by atoms with Gasteiger partial charge in [0.05, 0.1) is 21.8 Å². The maximum atomic E-state index is 13.4. The van der Waals surface area contributed by atoms with Gasteiger partial charge in [-0.15, -0.1) is 0 Å². The Bertz CT molecular complexity index is 1820. The summed E-state index contributed by atoms with van der Waals surface area (Å²) in [5.74, 6) is -0.723. The van der Waals surface area contributed by atoms with Gasteiger partial charge in [0.1, 0.15) is 5.69 Å². The van der Waals surface area contributed by atoms with Crippen LogP contribution >= 0.6 is 59.4 Å². The molecule has 0 saturated heterocycles. The highest BCUT2D eigenvalue weighted by Gasteiger charge is 2.22. The van der Waals surface area contributed by atoms with Crippen molar-refractivity contribution in [2.24, 2.45) is 5.10 Å². The predicted octanol–water partition coefficient (Wildman–Crippen LogP) is 9.07. The number of aryl methyl sites for hydroxylation is 1. The molecule has 0 spiro atoms. The molecule has 10 heteroatoms. The molecule has 4 aromatic carbocycles. The number of rotatable bonds is 6. The van der Waals surface area contributed by atoms with Gasteiger partial charge in [-0.1, -0.05) is 75.6 Å². The zero-order chi connectivity index (χ0) is 28.4. The molecular weight excluding hydrogens is 726 g/mol. The number of H-pyrrole nitrogens is 1. The maximum absolute atomic E-state index is 13.4. The first kappa shape index (κ1) is 28.3. The molecule has 0 saturated carbocycles. The first-order chi connectivity index (χ1) is 19.2. The van der Waals surface area contributed by atoms with Gasteiger partial charge >= 0.3 is 5.97 Å². The normalized spacial score (nSPS) is 11.2. The van der Waals surface area contributed by atoms with Crippen molar-refractivity contribution in [3.05, 3.63) is 120 Å². The highest BCUT2D eigenvalue weighted by molar-refractivity contribution is 9.11. The van der Waals surface area contributed by atoms with Crippen LogP contribution in [0.4, 0.5) is 0 Å². The average Bonchev–Trinajstić information content (AvgIpc) is 3.31. The third-order valence-corrected chi connectivity index (χ3v) is 8.05. The van der Waals surface area contributed by atoms with E-state index in [9.17, 15) is 9.59 Å². The number of carbonyl (C=O) groups excluding carboxylic acids is 2. The van der Waals surface area contributed by atoms with Crippen LogP contribution in [0.5, 0.6) is 5.75 Å². The van der Waals surface area contributed by atoms with Crippen molar-refractivity contribution >= 4 is 88.4 Å². The van der Waals surface area contributed by atoms with E-state index in [1.54, 1.807) is 36.4 Å². The third kappa shape index (κ3) is 5.93. The van der Waals surface area contributed by atoms with E-state index in [4.69, 9.17) is 16.3 Å². The fourth-order valence-corrected chi connectivity index (χ4v) is 6.25. The van der Waals surface area contributed by atoms with Crippen LogP contribution in [-0.2, 0) is 0 Å². The molecule has 200 valence electrons. The van der Waals surface area contributed by atoms with E-state index in [1.807, 2.05) is 49.4 Å². The lowest BCUT2D eigenvalue weighted by Gasteiger charge is -2.11. The fourth-order valence-electron chi connectivity index (χ4n) is 4.22. The Morgan fingerprint density at radius 1 is 0.950 bits per heavy atom. The number of aromatic amines is 1. The van der Waals surface area contributed by atoms with Gasteiger partial charge in [0.2, 0.25) is 0 Å². The Kier molecular flexibility index (Phi) is 8.56. The minimum Gasteiger partial charge on any atom is -0.421 e. The van der Waals surface area contributed by atoms with Gasteiger partial charge in [-0.25, -0.2) is 10.2 Å². The van der Waals surface area contributed by atoms with E-state index in [0.717, 1.165) is 25.4 Å². The number of hydrogen-bond donors (Lipinski definition) is 2. The molecule has 5 rings (SSSR count). The van der Waals surface area contributed by atoms with Gasteiger partial charge in [0.25, 0.3) is 5.91 Å². The summed E-state index contributed by atoms with van der Waals surface area (Å²) in [4.78, 5) is 29.5. The molecule has 0 aliphatic rings. The van der Waals surface area contributed by atoms with Crippen LogP contribution in [0.25, 0.3) is 22.0 Å². The molecule has 0 aliphatic heterocycles. The number of carbonyl (C=O) groups is 2. The topological polar surface area (TPSA) is 83.5 Å². The van der Waals surface area contributed by atoms with Crippen LogP contribution in [0.15, 0.2) is 97.4 Å². The zero-order valence-electron chi connectivity index (χ0n) is 20.8. The van der Waals surface area contributed by atoms with Crippen molar-refractivity contribution in [3.8, 4) is 16.9 Å². The summed E-state index contributed by atoms with van der Waals surface area (Å²) >= 11 is 17.0. The second-order valence-electron chi connectivity index (χ2n) is 8.78. The predicted molar refractivity (Wildman–Crippen MR) is 169 cm³/mol. The van der Waals surface area contributed by atoms with E-state index in [2.05, 4.69) is 63.3 Å². The van der Waals surface area contributed by atoms with Crippen LogP contribution in [-0.4, -0.2) is 23.1 Å². The van der Waals surface area contributed by atoms with Crippen molar-refractivity contribution in [3.63, 3.8) is 0 Å². The number of aromatic nitrogens is 1. The maximum Gasteiger partial charge on any atom is 0.343 e. The summed E-state index contributed by atoms with van der Waals surface area (Å²) in [5, 5.41) is 5.53. The molecule has 5 aromatic rings. The third-order valence-electron chi connectivity index (χ3n) is 6.01. The number of nitrogens with zero attached hydrogens (tertiary/aromatic N) is 1. The summed E-state index contributed by atoms with van der Waals surface area (Å²) in [6, 6.07) is 23.6. The van der Waals surface area contributed by atoms with Crippen LogP contribution in [0.3, 0.4) is 0 Å². The summed E-state index contributed by atoms with van der Waals surface area (Å²) in [6.07, 6.45) is 1.42. The van der Waals surface area contributed by atoms with Gasteiger partial charge < -0.3 is 9.72 Å². The van der Waals surface area contributed by atoms with E-state index in [1.165, 1.54) is 6.21 Å². The Balaban J connectivity index is 1.46. The number of hydrogen-bond acceptors (Lipinski definition) is 4. The van der Waals surface area contributed by atoms with Crippen molar-refractivity contribution in [2.75, 3.05) is 0 Å². The van der Waals surface area contributed by atoms with Gasteiger partial charge in [-0.05, 0) is 75.2 Å². The molecule has 6 nitrogen and oxygen atoms in total. The lowest BCUT2D eigenvalue weighted by atomic mass is 10.0. The monoisotopic (exact) mass is 741 g/mol. The first-order valence-electron chi connectivity index (χ1n) is 11.9. The quantitative estimate of drug-likeness (QED) is 0.0788. The average molecular weight is 745 g/mol. The number of para-hydroxylation sites is 1.